The number of ether oxygens (including phenoxy) is 2. The van der Waals surface area contributed by atoms with Crippen LogP contribution in [0.3, 0.4) is 0 Å². The molecule has 0 radical (unpaired) electrons. The van der Waals surface area contributed by atoms with E-state index in [9.17, 15) is 9.59 Å². The molecule has 0 unspecified atom stereocenters. The number of aryl methyl sites for hydroxylation is 2. The minimum Gasteiger partial charge on any atom is -0.454 e. The summed E-state index contributed by atoms with van der Waals surface area (Å²) >= 11 is 0. The van der Waals surface area contributed by atoms with Crippen molar-refractivity contribution in [2.24, 2.45) is 5.92 Å². The summed E-state index contributed by atoms with van der Waals surface area (Å²) in [5.41, 5.74) is 4.35. The molecule has 5 rings (SSSR count). The van der Waals surface area contributed by atoms with Crippen LogP contribution in [0, 0.1) is 5.92 Å². The van der Waals surface area contributed by atoms with E-state index in [0.29, 0.717) is 23.7 Å². The Hall–Kier alpha value is -3.06. The lowest BCUT2D eigenvalue weighted by atomic mass is 9.95. The third-order valence-electron chi connectivity index (χ3n) is 6.35. The fourth-order valence-corrected chi connectivity index (χ4v) is 4.63. The molecule has 162 valence electrons. The second kappa shape index (κ2) is 8.59. The molecule has 2 heterocycles. The maximum atomic E-state index is 12.6. The van der Waals surface area contributed by atoms with E-state index in [1.54, 1.807) is 12.1 Å². The zero-order valence-corrected chi connectivity index (χ0v) is 17.5. The molecule has 2 aliphatic heterocycles. The van der Waals surface area contributed by atoms with Crippen LogP contribution in [0.2, 0.25) is 0 Å². The van der Waals surface area contributed by atoms with Crippen LogP contribution in [0.4, 0.5) is 11.4 Å². The number of nitrogens with zero attached hydrogens (tertiary/aromatic N) is 1. The lowest BCUT2D eigenvalue weighted by Crippen LogP contribution is -2.41. The van der Waals surface area contributed by atoms with Crippen LogP contribution in [0.1, 0.15) is 30.4 Å². The van der Waals surface area contributed by atoms with E-state index in [1.807, 2.05) is 12.1 Å². The topological polar surface area (TPSA) is 79.9 Å². The summed E-state index contributed by atoms with van der Waals surface area (Å²) in [7, 11) is 0. The molecule has 0 spiro atoms. The molecule has 3 aliphatic rings. The average Bonchev–Trinajstić information content (AvgIpc) is 3.42. The lowest BCUT2D eigenvalue weighted by Gasteiger charge is -2.30. The Morgan fingerprint density at radius 3 is 2.52 bits per heavy atom. The zero-order chi connectivity index (χ0) is 21.2. The molecule has 7 heteroatoms. The van der Waals surface area contributed by atoms with E-state index in [0.717, 1.165) is 44.5 Å². The molecule has 2 amide bonds. The molecule has 0 atom stereocenters. The Labute approximate surface area is 181 Å². The van der Waals surface area contributed by atoms with Gasteiger partial charge in [0.25, 0.3) is 0 Å². The number of amides is 2. The van der Waals surface area contributed by atoms with Crippen LogP contribution in [0.5, 0.6) is 11.5 Å². The molecule has 0 bridgehead atoms. The molecule has 1 aliphatic carbocycles. The number of rotatable bonds is 5. The van der Waals surface area contributed by atoms with Crippen molar-refractivity contribution >= 4 is 23.2 Å². The molecule has 1 saturated heterocycles. The van der Waals surface area contributed by atoms with Crippen molar-refractivity contribution in [3.05, 3.63) is 47.5 Å². The number of likely N-dealkylation sites (tertiary alicyclic amines) is 1. The first-order chi connectivity index (χ1) is 15.1. The molecule has 1 fully saturated rings. The van der Waals surface area contributed by atoms with Gasteiger partial charge in [0.05, 0.1) is 6.54 Å². The number of carbonyl (C=O) groups is 2. The van der Waals surface area contributed by atoms with Crippen LogP contribution in [-0.2, 0) is 22.4 Å². The first-order valence-corrected chi connectivity index (χ1v) is 11.0. The molecule has 0 aromatic heterocycles. The van der Waals surface area contributed by atoms with Crippen molar-refractivity contribution < 1.29 is 19.1 Å². The van der Waals surface area contributed by atoms with Crippen molar-refractivity contribution in [2.45, 2.75) is 32.1 Å². The average molecular weight is 421 g/mol. The van der Waals surface area contributed by atoms with Gasteiger partial charge in [0.15, 0.2) is 11.5 Å². The van der Waals surface area contributed by atoms with Gasteiger partial charge in [-0.2, -0.15) is 0 Å². The quantitative estimate of drug-likeness (QED) is 0.775. The van der Waals surface area contributed by atoms with Gasteiger partial charge in [0.1, 0.15) is 0 Å². The fourth-order valence-electron chi connectivity index (χ4n) is 4.63. The molecule has 2 aromatic rings. The van der Waals surface area contributed by atoms with Gasteiger partial charge in [-0.15, -0.1) is 0 Å². The monoisotopic (exact) mass is 421 g/mol. The summed E-state index contributed by atoms with van der Waals surface area (Å²) in [6, 6.07) is 11.6. The van der Waals surface area contributed by atoms with Crippen molar-refractivity contribution in [2.75, 3.05) is 37.1 Å². The Balaban J connectivity index is 1.08. The summed E-state index contributed by atoms with van der Waals surface area (Å²) in [5.74, 6) is 1.32. The Morgan fingerprint density at radius 2 is 1.65 bits per heavy atom. The number of benzene rings is 2. The normalized spacial score (nSPS) is 17.9. The number of hydrogen-bond donors (Lipinski definition) is 2. The van der Waals surface area contributed by atoms with E-state index < -0.39 is 0 Å². The van der Waals surface area contributed by atoms with E-state index in [2.05, 4.69) is 27.7 Å². The van der Waals surface area contributed by atoms with Gasteiger partial charge in [0.2, 0.25) is 18.6 Å². The summed E-state index contributed by atoms with van der Waals surface area (Å²) in [6.45, 7) is 2.03. The third-order valence-corrected chi connectivity index (χ3v) is 6.35. The highest BCUT2D eigenvalue weighted by Gasteiger charge is 2.26. The maximum absolute atomic E-state index is 12.6. The highest BCUT2D eigenvalue weighted by molar-refractivity contribution is 5.93. The van der Waals surface area contributed by atoms with E-state index in [-0.39, 0.29) is 24.5 Å². The van der Waals surface area contributed by atoms with E-state index >= 15 is 0 Å². The Bertz CT molecular complexity index is 998. The number of piperidine rings is 1. The number of nitrogens with one attached hydrogen (secondary N) is 2. The van der Waals surface area contributed by atoms with Gasteiger partial charge in [-0.05, 0) is 80.6 Å². The first kappa shape index (κ1) is 19.9. The lowest BCUT2D eigenvalue weighted by molar-refractivity contribution is -0.121. The highest BCUT2D eigenvalue weighted by Crippen LogP contribution is 2.34. The summed E-state index contributed by atoms with van der Waals surface area (Å²) in [6.07, 6.45) is 4.91. The molecule has 2 aromatic carbocycles. The van der Waals surface area contributed by atoms with Crippen molar-refractivity contribution in [3.63, 3.8) is 0 Å². The third kappa shape index (κ3) is 4.51. The van der Waals surface area contributed by atoms with Crippen LogP contribution in [0.25, 0.3) is 0 Å². The zero-order valence-electron chi connectivity index (χ0n) is 17.5. The van der Waals surface area contributed by atoms with Gasteiger partial charge in [-0.25, -0.2) is 0 Å². The molecule has 7 nitrogen and oxygen atoms in total. The molecular formula is C24H27N3O4. The molecule has 2 N–H and O–H groups in total. The van der Waals surface area contributed by atoms with Crippen LogP contribution in [0.15, 0.2) is 36.4 Å². The Morgan fingerprint density at radius 1 is 0.903 bits per heavy atom. The van der Waals surface area contributed by atoms with Gasteiger partial charge in [-0.1, -0.05) is 6.07 Å². The highest BCUT2D eigenvalue weighted by atomic mass is 16.7. The standard InChI is InChI=1S/C24H27N3O4/c28-23(25-19-5-4-16-2-1-3-18(16)12-19)14-27-10-8-17(9-11-27)24(29)26-20-6-7-21-22(13-20)31-15-30-21/h4-7,12-13,17H,1-3,8-11,14-15H2,(H,25,28)(H,26,29). The van der Waals surface area contributed by atoms with E-state index in [4.69, 9.17) is 9.47 Å². The van der Waals surface area contributed by atoms with Gasteiger partial charge in [-0.3, -0.25) is 14.5 Å². The van der Waals surface area contributed by atoms with Crippen molar-refractivity contribution in [1.82, 2.24) is 4.90 Å². The SMILES string of the molecule is O=C(CN1CCC(C(=O)Nc2ccc3c(c2)OCO3)CC1)Nc1ccc2c(c1)CCC2. The fraction of sp³-hybridized carbons (Fsp3) is 0.417. The van der Waals surface area contributed by atoms with Gasteiger partial charge >= 0.3 is 0 Å². The van der Waals surface area contributed by atoms with Crippen LogP contribution < -0.4 is 20.1 Å². The van der Waals surface area contributed by atoms with Gasteiger partial charge < -0.3 is 20.1 Å². The van der Waals surface area contributed by atoms with Crippen LogP contribution >= 0.6 is 0 Å². The smallest absolute Gasteiger partial charge is 0.238 e. The second-order valence-electron chi connectivity index (χ2n) is 8.49. The largest absolute Gasteiger partial charge is 0.454 e. The number of fused-ring (bicyclic) bond motifs is 2. The summed E-state index contributed by atoms with van der Waals surface area (Å²) in [5, 5.41) is 6.00. The van der Waals surface area contributed by atoms with Gasteiger partial charge in [0, 0.05) is 23.4 Å². The predicted molar refractivity (Wildman–Crippen MR) is 117 cm³/mol. The number of hydrogen-bond acceptors (Lipinski definition) is 5. The molecule has 31 heavy (non-hydrogen) atoms. The maximum Gasteiger partial charge on any atom is 0.238 e. The first-order valence-electron chi connectivity index (χ1n) is 11.0. The minimum absolute atomic E-state index is 0.00112. The summed E-state index contributed by atoms with van der Waals surface area (Å²) in [4.78, 5) is 27.2. The molecular weight excluding hydrogens is 394 g/mol. The molecule has 0 saturated carbocycles. The minimum atomic E-state index is -0.0542. The number of carbonyl (C=O) groups excluding carboxylic acids is 2. The second-order valence-corrected chi connectivity index (χ2v) is 8.49. The Kier molecular flexibility index (Phi) is 5.51. The summed E-state index contributed by atoms with van der Waals surface area (Å²) < 4.78 is 10.7. The predicted octanol–water partition coefficient (Wildman–Crippen LogP) is 3.19. The van der Waals surface area contributed by atoms with Crippen LogP contribution in [-0.4, -0.2) is 43.1 Å². The van der Waals surface area contributed by atoms with Crippen molar-refractivity contribution in [3.8, 4) is 11.5 Å². The van der Waals surface area contributed by atoms with E-state index in [1.165, 1.54) is 17.5 Å². The number of anilines is 2. The van der Waals surface area contributed by atoms with Crippen molar-refractivity contribution in [1.29, 1.82) is 0 Å².